The average Bonchev–Trinajstić information content (AvgIpc) is 2.33. The fraction of sp³-hybridized carbons (Fsp3) is 0.0714. The van der Waals surface area contributed by atoms with Crippen molar-refractivity contribution in [2.75, 3.05) is 0 Å². The summed E-state index contributed by atoms with van der Waals surface area (Å²) in [5, 5.41) is 2.03. The van der Waals surface area contributed by atoms with Gasteiger partial charge in [0.2, 0.25) is 0 Å². The smallest absolute Gasteiger partial charge is 0.185 e. The molecule has 0 bridgehead atoms. The molecule has 0 aliphatic heterocycles. The number of ketones is 1. The van der Waals surface area contributed by atoms with E-state index in [0.29, 0.717) is 5.56 Å². The second-order valence-electron chi connectivity index (χ2n) is 3.67. The van der Waals surface area contributed by atoms with E-state index in [0.717, 1.165) is 20.8 Å². The highest BCUT2D eigenvalue weighted by atomic mass is 79.9. The van der Waals surface area contributed by atoms with E-state index < -0.39 is 0 Å². The molecule has 0 spiro atoms. The number of benzene rings is 2. The first-order valence-electron chi connectivity index (χ1n) is 4.99. The zero-order valence-corrected chi connectivity index (χ0v) is 10.5. The monoisotopic (exact) mass is 274 g/mol. The van der Waals surface area contributed by atoms with E-state index >= 15 is 0 Å². The first-order valence-corrected chi connectivity index (χ1v) is 5.79. The fourth-order valence-electron chi connectivity index (χ4n) is 1.79. The SMILES string of the molecule is C=CC(=O)c1cc(C)c(Br)c2ccccc12. The van der Waals surface area contributed by atoms with Gasteiger partial charge in [-0.05, 0) is 51.3 Å². The van der Waals surface area contributed by atoms with Crippen LogP contribution < -0.4 is 0 Å². The molecule has 0 aliphatic carbocycles. The maximum absolute atomic E-state index is 11.8. The second kappa shape index (κ2) is 4.22. The van der Waals surface area contributed by atoms with Crippen molar-refractivity contribution in [3.05, 3.63) is 58.6 Å². The maximum Gasteiger partial charge on any atom is 0.185 e. The molecule has 2 heteroatoms. The summed E-state index contributed by atoms with van der Waals surface area (Å²) in [6.45, 7) is 5.52. The van der Waals surface area contributed by atoms with Gasteiger partial charge in [-0.1, -0.05) is 30.8 Å². The maximum atomic E-state index is 11.8. The van der Waals surface area contributed by atoms with E-state index in [-0.39, 0.29) is 5.78 Å². The number of allylic oxidation sites excluding steroid dienone is 1. The van der Waals surface area contributed by atoms with E-state index in [9.17, 15) is 4.79 Å². The number of aryl methyl sites for hydroxylation is 1. The Hall–Kier alpha value is -1.41. The summed E-state index contributed by atoms with van der Waals surface area (Å²) < 4.78 is 1.05. The van der Waals surface area contributed by atoms with E-state index in [1.54, 1.807) is 0 Å². The molecule has 2 rings (SSSR count). The van der Waals surface area contributed by atoms with Gasteiger partial charge in [0, 0.05) is 10.0 Å². The molecule has 0 heterocycles. The van der Waals surface area contributed by atoms with Crippen molar-refractivity contribution < 1.29 is 4.79 Å². The molecule has 0 N–H and O–H groups in total. The van der Waals surface area contributed by atoms with Crippen LogP contribution in [0.25, 0.3) is 10.8 Å². The molecule has 0 radical (unpaired) electrons. The van der Waals surface area contributed by atoms with Gasteiger partial charge in [-0.2, -0.15) is 0 Å². The van der Waals surface area contributed by atoms with Crippen molar-refractivity contribution in [1.29, 1.82) is 0 Å². The van der Waals surface area contributed by atoms with E-state index in [2.05, 4.69) is 22.5 Å². The van der Waals surface area contributed by atoms with Crippen molar-refractivity contribution in [1.82, 2.24) is 0 Å². The molecular formula is C14H11BrO. The van der Waals surface area contributed by atoms with Crippen LogP contribution in [0.2, 0.25) is 0 Å². The van der Waals surface area contributed by atoms with Crippen LogP contribution >= 0.6 is 15.9 Å². The highest BCUT2D eigenvalue weighted by Gasteiger charge is 2.10. The molecular weight excluding hydrogens is 264 g/mol. The summed E-state index contributed by atoms with van der Waals surface area (Å²) in [4.78, 5) is 11.8. The first-order chi connectivity index (χ1) is 7.65. The van der Waals surface area contributed by atoms with Crippen LogP contribution in [0, 0.1) is 6.92 Å². The third-order valence-corrected chi connectivity index (χ3v) is 3.66. The number of carbonyl (C=O) groups excluding carboxylic acids is 1. The lowest BCUT2D eigenvalue weighted by molar-refractivity contribution is 0.104. The molecule has 0 amide bonds. The number of hydrogen-bond acceptors (Lipinski definition) is 1. The Morgan fingerprint density at radius 2 is 1.94 bits per heavy atom. The standard InChI is InChI=1S/C14H11BrO/c1-3-13(16)12-8-9(2)14(15)11-7-5-4-6-10(11)12/h3-8H,1H2,2H3. The topological polar surface area (TPSA) is 17.1 Å². The van der Waals surface area contributed by atoms with Gasteiger partial charge in [-0.25, -0.2) is 0 Å². The summed E-state index contributed by atoms with van der Waals surface area (Å²) in [6, 6.07) is 9.76. The van der Waals surface area contributed by atoms with Crippen LogP contribution in [0.5, 0.6) is 0 Å². The number of hydrogen-bond donors (Lipinski definition) is 0. The second-order valence-corrected chi connectivity index (χ2v) is 4.46. The largest absolute Gasteiger partial charge is 0.289 e. The predicted octanol–water partition coefficient (Wildman–Crippen LogP) is 4.28. The molecule has 0 aromatic heterocycles. The molecule has 0 saturated heterocycles. The Morgan fingerprint density at radius 1 is 1.31 bits per heavy atom. The zero-order valence-electron chi connectivity index (χ0n) is 8.96. The molecule has 0 atom stereocenters. The average molecular weight is 275 g/mol. The summed E-state index contributed by atoms with van der Waals surface area (Å²) in [5.74, 6) is -0.0354. The lowest BCUT2D eigenvalue weighted by Crippen LogP contribution is -1.97. The quantitative estimate of drug-likeness (QED) is 0.590. The third kappa shape index (κ3) is 1.69. The lowest BCUT2D eigenvalue weighted by atomic mass is 9.98. The van der Waals surface area contributed by atoms with Crippen LogP contribution in [-0.4, -0.2) is 5.78 Å². The van der Waals surface area contributed by atoms with Crippen molar-refractivity contribution in [2.24, 2.45) is 0 Å². The van der Waals surface area contributed by atoms with Crippen LogP contribution in [0.15, 0.2) is 47.5 Å². The van der Waals surface area contributed by atoms with Crippen LogP contribution in [0.1, 0.15) is 15.9 Å². The molecule has 0 fully saturated rings. The summed E-state index contributed by atoms with van der Waals surface area (Å²) >= 11 is 3.55. The molecule has 16 heavy (non-hydrogen) atoms. The van der Waals surface area contributed by atoms with Gasteiger partial charge in [0.05, 0.1) is 0 Å². The van der Waals surface area contributed by atoms with Crippen molar-refractivity contribution in [2.45, 2.75) is 6.92 Å². The normalized spacial score (nSPS) is 10.4. The van der Waals surface area contributed by atoms with Crippen LogP contribution in [0.4, 0.5) is 0 Å². The molecule has 1 nitrogen and oxygen atoms in total. The minimum absolute atomic E-state index is 0.0354. The lowest BCUT2D eigenvalue weighted by Gasteiger charge is -2.08. The molecule has 2 aromatic carbocycles. The predicted molar refractivity (Wildman–Crippen MR) is 70.9 cm³/mol. The summed E-state index contributed by atoms with van der Waals surface area (Å²) in [6.07, 6.45) is 1.36. The van der Waals surface area contributed by atoms with Gasteiger partial charge in [-0.3, -0.25) is 4.79 Å². The fourth-order valence-corrected chi connectivity index (χ4v) is 2.25. The number of rotatable bonds is 2. The summed E-state index contributed by atoms with van der Waals surface area (Å²) in [7, 11) is 0. The van der Waals surface area contributed by atoms with Gasteiger partial charge < -0.3 is 0 Å². The highest BCUT2D eigenvalue weighted by Crippen LogP contribution is 2.30. The molecule has 0 saturated carbocycles. The number of halogens is 1. The minimum Gasteiger partial charge on any atom is -0.289 e. The zero-order chi connectivity index (χ0) is 11.7. The van der Waals surface area contributed by atoms with Gasteiger partial charge in [0.25, 0.3) is 0 Å². The Bertz CT molecular complexity index is 585. The van der Waals surface area contributed by atoms with E-state index in [1.165, 1.54) is 6.08 Å². The molecule has 0 unspecified atom stereocenters. The first kappa shape index (κ1) is 11.1. The van der Waals surface area contributed by atoms with Crippen LogP contribution in [-0.2, 0) is 0 Å². The van der Waals surface area contributed by atoms with Gasteiger partial charge >= 0.3 is 0 Å². The molecule has 0 aliphatic rings. The summed E-state index contributed by atoms with van der Waals surface area (Å²) in [5.41, 5.74) is 1.77. The van der Waals surface area contributed by atoms with Gasteiger partial charge in [0.15, 0.2) is 5.78 Å². The molecule has 80 valence electrons. The number of fused-ring (bicyclic) bond motifs is 1. The Labute approximate surface area is 103 Å². The van der Waals surface area contributed by atoms with Crippen LogP contribution in [0.3, 0.4) is 0 Å². The van der Waals surface area contributed by atoms with E-state index in [1.807, 2.05) is 37.3 Å². The van der Waals surface area contributed by atoms with E-state index in [4.69, 9.17) is 0 Å². The number of carbonyl (C=O) groups is 1. The highest BCUT2D eigenvalue weighted by molar-refractivity contribution is 9.10. The van der Waals surface area contributed by atoms with Gasteiger partial charge in [0.1, 0.15) is 0 Å². The minimum atomic E-state index is -0.0354. The Morgan fingerprint density at radius 3 is 2.56 bits per heavy atom. The third-order valence-electron chi connectivity index (χ3n) is 2.61. The Kier molecular flexibility index (Phi) is 2.92. The van der Waals surface area contributed by atoms with Crippen molar-refractivity contribution in [3.63, 3.8) is 0 Å². The van der Waals surface area contributed by atoms with Crippen molar-refractivity contribution in [3.8, 4) is 0 Å². The van der Waals surface area contributed by atoms with Gasteiger partial charge in [-0.15, -0.1) is 0 Å². The van der Waals surface area contributed by atoms with Crippen molar-refractivity contribution >= 4 is 32.5 Å². The molecule has 2 aromatic rings. The Balaban J connectivity index is 2.90.